The van der Waals surface area contributed by atoms with E-state index in [4.69, 9.17) is 16.6 Å². The van der Waals surface area contributed by atoms with Gasteiger partial charge < -0.3 is 0 Å². The van der Waals surface area contributed by atoms with Gasteiger partial charge in [0.1, 0.15) is 5.15 Å². The van der Waals surface area contributed by atoms with Crippen LogP contribution in [0, 0.1) is 0 Å². The van der Waals surface area contributed by atoms with Crippen molar-refractivity contribution < 1.29 is 0 Å². The average molecular weight is 436 g/mol. The Balaban J connectivity index is 1.95. The first-order valence-electron chi connectivity index (χ1n) is 8.59. The Kier molecular flexibility index (Phi) is 5.33. The predicted molar refractivity (Wildman–Crippen MR) is 118 cm³/mol. The highest BCUT2D eigenvalue weighted by Crippen LogP contribution is 2.32. The number of hydrogen-bond acceptors (Lipinski definition) is 2. The van der Waals surface area contributed by atoms with Gasteiger partial charge in [-0.05, 0) is 29.1 Å². The Bertz CT molecular complexity index is 1070. The van der Waals surface area contributed by atoms with Crippen LogP contribution in [0.3, 0.4) is 0 Å². The summed E-state index contributed by atoms with van der Waals surface area (Å²) >= 11 is 9.86. The van der Waals surface area contributed by atoms with Gasteiger partial charge >= 0.3 is 0 Å². The third kappa shape index (κ3) is 3.80. The van der Waals surface area contributed by atoms with E-state index >= 15 is 0 Å². The largest absolute Gasteiger partial charge is 0.247 e. The molecule has 0 radical (unpaired) electrons. The van der Waals surface area contributed by atoms with Gasteiger partial charge in [-0.1, -0.05) is 88.2 Å². The molecule has 4 rings (SSSR count). The first-order valence-corrected chi connectivity index (χ1v) is 10.1. The number of aliphatic imine (C=N–C) groups is 1. The molecule has 0 bridgehead atoms. The van der Waals surface area contributed by atoms with Crippen LogP contribution in [0.15, 0.2) is 90.1 Å². The predicted octanol–water partition coefficient (Wildman–Crippen LogP) is 6.95. The molecule has 0 saturated carbocycles. The van der Waals surface area contributed by atoms with E-state index in [1.54, 1.807) is 6.20 Å². The van der Waals surface area contributed by atoms with Gasteiger partial charge in [0.05, 0.1) is 11.4 Å². The molecule has 3 aromatic carbocycles. The van der Waals surface area contributed by atoms with E-state index < -0.39 is 0 Å². The molecule has 0 fully saturated rings. The van der Waals surface area contributed by atoms with Crippen LogP contribution in [0.25, 0.3) is 10.8 Å². The molecular formula is C23H16BrClN2. The zero-order valence-electron chi connectivity index (χ0n) is 14.4. The molecule has 1 aromatic heterocycles. The summed E-state index contributed by atoms with van der Waals surface area (Å²) in [5, 5.41) is 3.16. The van der Waals surface area contributed by atoms with E-state index in [-0.39, 0.29) is 0 Å². The fraction of sp³-hybridized carbons (Fsp3) is 0.0435. The zero-order valence-corrected chi connectivity index (χ0v) is 16.8. The van der Waals surface area contributed by atoms with Crippen molar-refractivity contribution in [1.82, 2.24) is 4.98 Å². The number of hydrogen-bond donors (Lipinski definition) is 0. The molecule has 0 amide bonds. The Morgan fingerprint density at radius 2 is 1.52 bits per heavy atom. The van der Waals surface area contributed by atoms with E-state index in [1.165, 1.54) is 0 Å². The highest BCUT2D eigenvalue weighted by molar-refractivity contribution is 9.08. The molecule has 0 unspecified atom stereocenters. The van der Waals surface area contributed by atoms with Crippen molar-refractivity contribution in [3.05, 3.63) is 107 Å². The number of alkyl halides is 1. The van der Waals surface area contributed by atoms with Crippen LogP contribution in [-0.4, -0.2) is 10.7 Å². The van der Waals surface area contributed by atoms with Gasteiger partial charge in [0, 0.05) is 28.0 Å². The summed E-state index contributed by atoms with van der Waals surface area (Å²) in [5.41, 5.74) is 5.10. The summed E-state index contributed by atoms with van der Waals surface area (Å²) in [6.07, 6.45) is 1.72. The first kappa shape index (κ1) is 17.9. The third-order valence-corrected chi connectivity index (χ3v) is 5.29. The van der Waals surface area contributed by atoms with Crippen LogP contribution in [0.2, 0.25) is 5.15 Å². The lowest BCUT2D eigenvalue weighted by Gasteiger charge is -2.11. The smallest absolute Gasteiger partial charge is 0.136 e. The van der Waals surface area contributed by atoms with Gasteiger partial charge in [-0.3, -0.25) is 0 Å². The Morgan fingerprint density at radius 3 is 2.11 bits per heavy atom. The zero-order chi connectivity index (χ0) is 18.6. The molecule has 4 heteroatoms. The number of aromatic nitrogens is 1. The molecule has 4 aromatic rings. The van der Waals surface area contributed by atoms with Crippen molar-refractivity contribution in [3.8, 4) is 0 Å². The van der Waals surface area contributed by atoms with Crippen molar-refractivity contribution >= 4 is 49.7 Å². The lowest BCUT2D eigenvalue weighted by Crippen LogP contribution is -2.03. The molecule has 0 aliphatic heterocycles. The van der Waals surface area contributed by atoms with Crippen LogP contribution in [-0.2, 0) is 5.33 Å². The Labute approximate surface area is 171 Å². The maximum atomic E-state index is 6.27. The van der Waals surface area contributed by atoms with Gasteiger partial charge in [0.25, 0.3) is 0 Å². The minimum absolute atomic E-state index is 0.511. The molecule has 0 spiro atoms. The summed E-state index contributed by atoms with van der Waals surface area (Å²) < 4.78 is 0. The topological polar surface area (TPSA) is 25.2 Å². The standard InChI is InChI=1S/C23H16BrClN2/c24-15-19-13-20-18(11-12-26-23(20)25)14-21(19)27-22(16-7-3-1-4-8-16)17-9-5-2-6-10-17/h1-14H,15H2. The molecule has 0 saturated heterocycles. The van der Waals surface area contributed by atoms with Gasteiger partial charge in [0.15, 0.2) is 0 Å². The van der Waals surface area contributed by atoms with Gasteiger partial charge in [-0.25, -0.2) is 9.98 Å². The van der Waals surface area contributed by atoms with Crippen LogP contribution < -0.4 is 0 Å². The van der Waals surface area contributed by atoms with Crippen molar-refractivity contribution in [2.45, 2.75) is 5.33 Å². The minimum atomic E-state index is 0.511. The highest BCUT2D eigenvalue weighted by atomic mass is 79.9. The summed E-state index contributed by atoms with van der Waals surface area (Å²) in [5.74, 6) is 0. The van der Waals surface area contributed by atoms with Crippen LogP contribution in [0.1, 0.15) is 16.7 Å². The second-order valence-electron chi connectivity index (χ2n) is 6.13. The van der Waals surface area contributed by atoms with Crippen LogP contribution in [0.4, 0.5) is 5.69 Å². The summed E-state index contributed by atoms with van der Waals surface area (Å²) in [6, 6.07) is 26.6. The number of pyridine rings is 1. The summed E-state index contributed by atoms with van der Waals surface area (Å²) in [6.45, 7) is 0. The normalized spacial score (nSPS) is 10.7. The number of rotatable bonds is 4. The summed E-state index contributed by atoms with van der Waals surface area (Å²) in [4.78, 5) is 9.26. The molecule has 0 atom stereocenters. The molecule has 27 heavy (non-hydrogen) atoms. The van der Waals surface area contributed by atoms with E-state index in [0.717, 1.165) is 38.9 Å². The minimum Gasteiger partial charge on any atom is -0.247 e. The van der Waals surface area contributed by atoms with Crippen LogP contribution in [0.5, 0.6) is 0 Å². The second-order valence-corrected chi connectivity index (χ2v) is 7.05. The fourth-order valence-electron chi connectivity index (χ4n) is 3.04. The van der Waals surface area contributed by atoms with Gasteiger partial charge in [0.2, 0.25) is 0 Å². The van der Waals surface area contributed by atoms with E-state index in [9.17, 15) is 0 Å². The third-order valence-electron chi connectivity index (χ3n) is 4.39. The first-order chi connectivity index (χ1) is 13.3. The SMILES string of the molecule is Clc1nccc2cc(N=C(c3ccccc3)c3ccccc3)c(CBr)cc12. The van der Waals surface area contributed by atoms with Crippen molar-refractivity contribution in [3.63, 3.8) is 0 Å². The van der Waals surface area contributed by atoms with Gasteiger partial charge in [-0.15, -0.1) is 0 Å². The Hall–Kier alpha value is -2.49. The maximum absolute atomic E-state index is 6.27. The van der Waals surface area contributed by atoms with Crippen molar-refractivity contribution in [2.24, 2.45) is 4.99 Å². The quantitative estimate of drug-likeness (QED) is 0.193. The second kappa shape index (κ2) is 8.03. The molecule has 132 valence electrons. The lowest BCUT2D eigenvalue weighted by atomic mass is 10.0. The van der Waals surface area contributed by atoms with E-state index in [1.807, 2.05) is 42.5 Å². The lowest BCUT2D eigenvalue weighted by molar-refractivity contribution is 1.34. The van der Waals surface area contributed by atoms with Crippen molar-refractivity contribution in [2.75, 3.05) is 0 Å². The molecular weight excluding hydrogens is 420 g/mol. The molecule has 0 N–H and O–H groups in total. The molecule has 2 nitrogen and oxygen atoms in total. The monoisotopic (exact) mass is 434 g/mol. The van der Waals surface area contributed by atoms with Gasteiger partial charge in [-0.2, -0.15) is 0 Å². The number of fused-ring (bicyclic) bond motifs is 1. The van der Waals surface area contributed by atoms with Crippen molar-refractivity contribution in [1.29, 1.82) is 0 Å². The van der Waals surface area contributed by atoms with E-state index in [2.05, 4.69) is 57.3 Å². The average Bonchev–Trinajstić information content (AvgIpc) is 2.73. The Morgan fingerprint density at radius 1 is 0.889 bits per heavy atom. The molecule has 0 aliphatic carbocycles. The van der Waals surface area contributed by atoms with E-state index in [0.29, 0.717) is 10.5 Å². The highest BCUT2D eigenvalue weighted by Gasteiger charge is 2.11. The number of nitrogens with zero attached hydrogens (tertiary/aromatic N) is 2. The maximum Gasteiger partial charge on any atom is 0.136 e. The van der Waals surface area contributed by atoms with Crippen LogP contribution >= 0.6 is 27.5 Å². The molecule has 1 heterocycles. The summed E-state index contributed by atoms with van der Waals surface area (Å²) in [7, 11) is 0. The number of benzene rings is 3. The number of halogens is 2. The fourth-order valence-corrected chi connectivity index (χ4v) is 3.71. The molecule has 0 aliphatic rings.